The first-order valence-corrected chi connectivity index (χ1v) is 6.36. The molecule has 0 fully saturated rings. The molecule has 1 aromatic heterocycles. The lowest BCUT2D eigenvalue weighted by Crippen LogP contribution is -2.24. The highest BCUT2D eigenvalue weighted by Gasteiger charge is 2.34. The minimum atomic E-state index is -4.60. The fraction of sp³-hybridized carbons (Fsp3) is 0.231. The van der Waals surface area contributed by atoms with Crippen LogP contribution in [0.25, 0.3) is 0 Å². The number of halogens is 3. The second-order valence-electron chi connectivity index (χ2n) is 4.65. The van der Waals surface area contributed by atoms with E-state index in [4.69, 9.17) is 0 Å². The summed E-state index contributed by atoms with van der Waals surface area (Å²) in [5.74, 6) is -0.651. The number of carbonyl (C=O) groups excluding carboxylic acids is 1. The number of hydrogen-bond donors (Lipinski definition) is 1. The predicted octanol–water partition coefficient (Wildman–Crippen LogP) is 3.01. The van der Waals surface area contributed by atoms with Gasteiger partial charge in [0, 0.05) is 24.0 Å². The van der Waals surface area contributed by atoms with Crippen LogP contribution in [0.3, 0.4) is 0 Å². The van der Waals surface area contributed by atoms with E-state index >= 15 is 0 Å². The van der Waals surface area contributed by atoms with Crippen LogP contribution in [0, 0.1) is 10.1 Å². The summed E-state index contributed by atoms with van der Waals surface area (Å²) in [6.07, 6.45) is -3.55. The fourth-order valence-electron chi connectivity index (χ4n) is 1.77. The van der Waals surface area contributed by atoms with Crippen molar-refractivity contribution in [1.29, 1.82) is 0 Å². The van der Waals surface area contributed by atoms with Gasteiger partial charge in [-0.1, -0.05) is 6.07 Å². The van der Waals surface area contributed by atoms with Crippen molar-refractivity contribution >= 4 is 17.3 Å². The van der Waals surface area contributed by atoms with Gasteiger partial charge in [-0.25, -0.2) is 0 Å². The zero-order valence-corrected chi connectivity index (χ0v) is 11.7. The van der Waals surface area contributed by atoms with Crippen molar-refractivity contribution in [3.05, 3.63) is 52.3 Å². The Bertz CT molecular complexity index is 742. The maximum Gasteiger partial charge on any atom is 0.435 e. The number of carbonyl (C=O) groups is 1. The van der Waals surface area contributed by atoms with E-state index in [9.17, 15) is 28.1 Å². The van der Waals surface area contributed by atoms with Crippen molar-refractivity contribution in [2.45, 2.75) is 19.1 Å². The molecule has 0 unspecified atom stereocenters. The highest BCUT2D eigenvalue weighted by Crippen LogP contribution is 2.28. The number of non-ortho nitro benzene ring substituents is 1. The van der Waals surface area contributed by atoms with Crippen molar-refractivity contribution in [2.75, 3.05) is 5.32 Å². The van der Waals surface area contributed by atoms with Crippen LogP contribution < -0.4 is 5.32 Å². The summed E-state index contributed by atoms with van der Waals surface area (Å²) < 4.78 is 38.3. The molecule has 0 aliphatic carbocycles. The second kappa shape index (κ2) is 6.07. The molecule has 0 bridgehead atoms. The predicted molar refractivity (Wildman–Crippen MR) is 73.7 cm³/mol. The number of anilines is 1. The molecule has 10 heteroatoms. The van der Waals surface area contributed by atoms with Crippen molar-refractivity contribution in [2.24, 2.45) is 0 Å². The van der Waals surface area contributed by atoms with E-state index in [0.717, 1.165) is 23.0 Å². The Hall–Kier alpha value is -2.91. The van der Waals surface area contributed by atoms with Gasteiger partial charge in [0.1, 0.15) is 6.04 Å². The van der Waals surface area contributed by atoms with E-state index in [2.05, 4.69) is 10.4 Å². The lowest BCUT2D eigenvalue weighted by atomic mass is 10.2. The van der Waals surface area contributed by atoms with Crippen molar-refractivity contribution < 1.29 is 22.9 Å². The molecular weight excluding hydrogens is 317 g/mol. The number of aromatic nitrogens is 2. The molecule has 0 saturated carbocycles. The monoisotopic (exact) mass is 328 g/mol. The van der Waals surface area contributed by atoms with Gasteiger partial charge < -0.3 is 5.32 Å². The second-order valence-corrected chi connectivity index (χ2v) is 4.65. The van der Waals surface area contributed by atoms with Gasteiger partial charge in [-0.3, -0.25) is 19.6 Å². The van der Waals surface area contributed by atoms with Gasteiger partial charge in [0.15, 0.2) is 5.69 Å². The molecule has 122 valence electrons. The molecule has 1 amide bonds. The van der Waals surface area contributed by atoms with Crippen LogP contribution in [-0.2, 0) is 11.0 Å². The van der Waals surface area contributed by atoms with E-state index < -0.39 is 28.7 Å². The molecule has 1 heterocycles. The summed E-state index contributed by atoms with van der Waals surface area (Å²) in [5.41, 5.74) is -1.15. The van der Waals surface area contributed by atoms with Gasteiger partial charge in [0.05, 0.1) is 4.92 Å². The Morgan fingerprint density at radius 3 is 2.65 bits per heavy atom. The average molecular weight is 328 g/mol. The quantitative estimate of drug-likeness (QED) is 0.690. The van der Waals surface area contributed by atoms with Gasteiger partial charge in [0.2, 0.25) is 5.91 Å². The third-order valence-corrected chi connectivity index (χ3v) is 3.00. The van der Waals surface area contributed by atoms with Gasteiger partial charge in [-0.2, -0.15) is 18.3 Å². The summed E-state index contributed by atoms with van der Waals surface area (Å²) in [5, 5.41) is 16.4. The zero-order valence-electron chi connectivity index (χ0n) is 11.7. The average Bonchev–Trinajstić information content (AvgIpc) is 2.96. The van der Waals surface area contributed by atoms with Crippen molar-refractivity contribution in [3.8, 4) is 0 Å². The molecule has 0 aliphatic rings. The Kier molecular flexibility index (Phi) is 4.34. The summed E-state index contributed by atoms with van der Waals surface area (Å²) in [6.45, 7) is 1.36. The number of nitrogens with zero attached hydrogens (tertiary/aromatic N) is 3. The summed E-state index contributed by atoms with van der Waals surface area (Å²) in [6, 6.07) is 4.95. The minimum absolute atomic E-state index is 0.166. The van der Waals surface area contributed by atoms with Gasteiger partial charge in [0.25, 0.3) is 5.69 Å². The van der Waals surface area contributed by atoms with E-state index in [1.807, 2.05) is 0 Å². The third-order valence-electron chi connectivity index (χ3n) is 3.00. The van der Waals surface area contributed by atoms with Gasteiger partial charge >= 0.3 is 6.18 Å². The molecule has 2 rings (SSSR count). The molecule has 0 radical (unpaired) electrons. The topological polar surface area (TPSA) is 90.1 Å². The maximum absolute atomic E-state index is 12.5. The van der Waals surface area contributed by atoms with Crippen LogP contribution >= 0.6 is 0 Å². The largest absolute Gasteiger partial charge is 0.435 e. The van der Waals surface area contributed by atoms with E-state index in [1.165, 1.54) is 25.1 Å². The van der Waals surface area contributed by atoms with E-state index in [1.54, 1.807) is 0 Å². The Balaban J connectivity index is 2.12. The Morgan fingerprint density at radius 2 is 2.09 bits per heavy atom. The molecule has 0 spiro atoms. The molecule has 7 nitrogen and oxygen atoms in total. The normalized spacial score (nSPS) is 12.7. The first-order chi connectivity index (χ1) is 10.7. The van der Waals surface area contributed by atoms with Crippen molar-refractivity contribution in [3.63, 3.8) is 0 Å². The molecule has 23 heavy (non-hydrogen) atoms. The van der Waals surface area contributed by atoms with Crippen LogP contribution in [-0.4, -0.2) is 20.6 Å². The summed E-state index contributed by atoms with van der Waals surface area (Å²) in [4.78, 5) is 22.1. The van der Waals surface area contributed by atoms with Crippen molar-refractivity contribution in [1.82, 2.24) is 9.78 Å². The molecule has 2 aromatic rings. The third kappa shape index (κ3) is 3.84. The molecule has 1 aromatic carbocycles. The molecule has 0 saturated heterocycles. The molecule has 0 aliphatic heterocycles. The van der Waals surface area contributed by atoms with Gasteiger partial charge in [-0.15, -0.1) is 0 Å². The van der Waals surface area contributed by atoms with Crippen LogP contribution in [0.4, 0.5) is 24.5 Å². The SMILES string of the molecule is C[C@@H](C(=O)Nc1cccc([N+](=O)[O-])c1)n1ccc(C(F)(F)F)n1. The highest BCUT2D eigenvalue weighted by atomic mass is 19.4. The fourth-order valence-corrected chi connectivity index (χ4v) is 1.77. The number of alkyl halides is 3. The lowest BCUT2D eigenvalue weighted by Gasteiger charge is -2.13. The minimum Gasteiger partial charge on any atom is -0.324 e. The Morgan fingerprint density at radius 1 is 1.39 bits per heavy atom. The number of benzene rings is 1. The van der Waals surface area contributed by atoms with E-state index in [0.29, 0.717) is 0 Å². The summed E-state index contributed by atoms with van der Waals surface area (Å²) >= 11 is 0. The first-order valence-electron chi connectivity index (χ1n) is 6.36. The summed E-state index contributed by atoms with van der Waals surface area (Å²) in [7, 11) is 0. The maximum atomic E-state index is 12.5. The standard InChI is InChI=1S/C13H11F3N4O3/c1-8(19-6-5-11(18-19)13(14,15)16)12(21)17-9-3-2-4-10(7-9)20(22)23/h2-8H,1H3,(H,17,21)/t8-/m0/s1. The molecule has 1 N–H and O–H groups in total. The first kappa shape index (κ1) is 16.5. The number of nitrogens with one attached hydrogen (secondary N) is 1. The van der Waals surface area contributed by atoms with Crippen LogP contribution in [0.5, 0.6) is 0 Å². The number of hydrogen-bond acceptors (Lipinski definition) is 4. The molecule has 1 atom stereocenters. The lowest BCUT2D eigenvalue weighted by molar-refractivity contribution is -0.384. The van der Waals surface area contributed by atoms with Crippen LogP contribution in [0.15, 0.2) is 36.5 Å². The number of rotatable bonds is 4. The van der Waals surface area contributed by atoms with E-state index in [-0.39, 0.29) is 11.4 Å². The Labute approximate surface area is 127 Å². The zero-order chi connectivity index (χ0) is 17.2. The van der Waals surface area contributed by atoms with Crippen LogP contribution in [0.1, 0.15) is 18.7 Å². The number of nitro groups is 1. The van der Waals surface area contributed by atoms with Crippen LogP contribution in [0.2, 0.25) is 0 Å². The molecular formula is C13H11F3N4O3. The number of amides is 1. The highest BCUT2D eigenvalue weighted by molar-refractivity contribution is 5.93. The number of nitro benzene ring substituents is 1. The smallest absolute Gasteiger partial charge is 0.324 e. The van der Waals surface area contributed by atoms with Gasteiger partial charge in [-0.05, 0) is 19.1 Å².